The lowest BCUT2D eigenvalue weighted by molar-refractivity contribution is 0.0726. The molecule has 0 spiro atoms. The Morgan fingerprint density at radius 3 is 1.69 bits per heavy atom. The Hall–Kier alpha value is -4.17. The number of aliphatic hydroxyl groups excluding tert-OH is 1. The number of hydrogen-bond acceptors (Lipinski definition) is 4. The molecule has 0 saturated heterocycles. The van der Waals surface area contributed by atoms with E-state index in [-0.39, 0.29) is 34.6 Å². The molecule has 0 bridgehead atoms. The van der Waals surface area contributed by atoms with Crippen molar-refractivity contribution in [1.29, 1.82) is 0 Å². The first-order valence-corrected chi connectivity index (χ1v) is 10.4. The zero-order valence-electron chi connectivity index (χ0n) is 18.3. The van der Waals surface area contributed by atoms with Crippen LogP contribution in [0.25, 0.3) is 22.3 Å². The van der Waals surface area contributed by atoms with Gasteiger partial charge in [0.1, 0.15) is 0 Å². The van der Waals surface area contributed by atoms with Crippen molar-refractivity contribution in [2.45, 2.75) is 6.61 Å². The van der Waals surface area contributed by atoms with Gasteiger partial charge < -0.3 is 14.6 Å². The van der Waals surface area contributed by atoms with Crippen LogP contribution >= 0.6 is 0 Å². The van der Waals surface area contributed by atoms with Crippen LogP contribution in [0.4, 0.5) is 17.6 Å². The van der Waals surface area contributed by atoms with Gasteiger partial charge >= 0.3 is 5.97 Å². The van der Waals surface area contributed by atoms with Gasteiger partial charge in [0.05, 0.1) is 19.3 Å². The number of carbonyl (C=O) groups is 1. The van der Waals surface area contributed by atoms with Gasteiger partial charge in [0.15, 0.2) is 23.1 Å². The molecule has 0 radical (unpaired) electrons. The highest BCUT2D eigenvalue weighted by molar-refractivity contribution is 5.91. The van der Waals surface area contributed by atoms with Crippen LogP contribution in [0.5, 0.6) is 11.5 Å². The second-order valence-electron chi connectivity index (χ2n) is 7.50. The Labute approximate surface area is 198 Å². The minimum atomic E-state index is -1.34. The zero-order chi connectivity index (χ0) is 25.1. The number of benzene rings is 4. The topological polar surface area (TPSA) is 55.8 Å². The maximum Gasteiger partial charge on any atom is 0.343 e. The first-order chi connectivity index (χ1) is 16.8. The van der Waals surface area contributed by atoms with Gasteiger partial charge in [0.25, 0.3) is 0 Å². The molecular weight excluding hydrogens is 464 g/mol. The summed E-state index contributed by atoms with van der Waals surface area (Å²) in [7, 11) is 1.22. The van der Waals surface area contributed by atoms with Crippen LogP contribution in [0.2, 0.25) is 0 Å². The van der Waals surface area contributed by atoms with Gasteiger partial charge in [-0.3, -0.25) is 0 Å². The third kappa shape index (κ3) is 4.74. The van der Waals surface area contributed by atoms with Crippen molar-refractivity contribution >= 4 is 5.97 Å². The molecular formula is C27H18F4O4. The summed E-state index contributed by atoms with van der Waals surface area (Å²) in [4.78, 5) is 12.5. The van der Waals surface area contributed by atoms with Crippen molar-refractivity contribution in [3.63, 3.8) is 0 Å². The highest BCUT2D eigenvalue weighted by Gasteiger charge is 2.20. The minimum absolute atomic E-state index is 0.00776. The average Bonchev–Trinajstić information content (AvgIpc) is 2.88. The lowest BCUT2D eigenvalue weighted by atomic mass is 10.0. The number of aliphatic hydroxyl groups is 1. The van der Waals surface area contributed by atoms with E-state index in [4.69, 9.17) is 14.6 Å². The number of rotatable bonds is 6. The summed E-state index contributed by atoms with van der Waals surface area (Å²) in [5.41, 5.74) is 1.20. The van der Waals surface area contributed by atoms with E-state index in [9.17, 15) is 22.4 Å². The standard InChI is InChI=1S/C27H18F4O4/c1-34-21-12-10-19(23(28)25(21)30)17-6-8-18(9-7-17)27(33)35-22-13-11-20(24(29)26(22)31)16-4-2-15(14-32)3-5-16/h2-13,32H,14H2,1H3. The highest BCUT2D eigenvalue weighted by atomic mass is 19.2. The van der Waals surface area contributed by atoms with Crippen molar-refractivity contribution < 1.29 is 36.9 Å². The zero-order valence-corrected chi connectivity index (χ0v) is 18.3. The molecule has 0 fully saturated rings. The van der Waals surface area contributed by atoms with Crippen molar-refractivity contribution in [1.82, 2.24) is 0 Å². The van der Waals surface area contributed by atoms with Crippen molar-refractivity contribution in [2.75, 3.05) is 7.11 Å². The molecule has 0 unspecified atom stereocenters. The van der Waals surface area contributed by atoms with Gasteiger partial charge in [0.2, 0.25) is 11.6 Å². The summed E-state index contributed by atoms with van der Waals surface area (Å²) >= 11 is 0. The number of carbonyl (C=O) groups excluding carboxylic acids is 1. The van der Waals surface area contributed by atoms with Crippen LogP contribution in [0.15, 0.2) is 72.8 Å². The first-order valence-electron chi connectivity index (χ1n) is 10.4. The highest BCUT2D eigenvalue weighted by Crippen LogP contribution is 2.32. The summed E-state index contributed by atoms with van der Waals surface area (Å²) in [6.45, 7) is -0.182. The lowest BCUT2D eigenvalue weighted by Gasteiger charge is -2.11. The SMILES string of the molecule is COc1ccc(-c2ccc(C(=O)Oc3ccc(-c4ccc(CO)cc4)c(F)c3F)cc2)c(F)c1F. The Bertz CT molecular complexity index is 1380. The molecule has 4 aromatic carbocycles. The summed E-state index contributed by atoms with van der Waals surface area (Å²) < 4.78 is 67.3. The van der Waals surface area contributed by atoms with Gasteiger partial charge in [-0.2, -0.15) is 8.78 Å². The fourth-order valence-corrected chi connectivity index (χ4v) is 3.48. The number of methoxy groups -OCH3 is 1. The molecule has 0 atom stereocenters. The van der Waals surface area contributed by atoms with E-state index in [1.165, 1.54) is 61.7 Å². The van der Waals surface area contributed by atoms with Crippen LogP contribution < -0.4 is 9.47 Å². The molecule has 4 nitrogen and oxygen atoms in total. The summed E-state index contributed by atoms with van der Waals surface area (Å²) in [5, 5.41) is 9.11. The van der Waals surface area contributed by atoms with Gasteiger partial charge in [-0.05, 0) is 53.1 Å². The van der Waals surface area contributed by atoms with Crippen LogP contribution in [0, 0.1) is 23.3 Å². The van der Waals surface area contributed by atoms with Gasteiger partial charge in [-0.1, -0.05) is 36.4 Å². The molecule has 35 heavy (non-hydrogen) atoms. The van der Waals surface area contributed by atoms with E-state index in [0.717, 1.165) is 6.07 Å². The molecule has 0 aliphatic carbocycles. The average molecular weight is 482 g/mol. The second-order valence-corrected chi connectivity index (χ2v) is 7.50. The van der Waals surface area contributed by atoms with Crippen molar-refractivity contribution in [3.05, 3.63) is 107 Å². The molecule has 0 aromatic heterocycles. The van der Waals surface area contributed by atoms with E-state index >= 15 is 0 Å². The molecule has 4 aromatic rings. The Morgan fingerprint density at radius 1 is 0.686 bits per heavy atom. The van der Waals surface area contributed by atoms with E-state index in [1.54, 1.807) is 12.1 Å². The fourth-order valence-electron chi connectivity index (χ4n) is 3.48. The summed E-state index contributed by atoms with van der Waals surface area (Å²) in [5.74, 6) is -6.59. The molecule has 0 heterocycles. The van der Waals surface area contributed by atoms with E-state index < -0.39 is 35.0 Å². The smallest absolute Gasteiger partial charge is 0.343 e. The monoisotopic (exact) mass is 482 g/mol. The molecule has 1 N–H and O–H groups in total. The van der Waals surface area contributed by atoms with Crippen molar-refractivity contribution in [2.24, 2.45) is 0 Å². The number of halogens is 4. The summed E-state index contributed by atoms with van der Waals surface area (Å²) in [6, 6.07) is 16.6. The molecule has 0 amide bonds. The lowest BCUT2D eigenvalue weighted by Crippen LogP contribution is -2.10. The van der Waals surface area contributed by atoms with Crippen LogP contribution in [-0.2, 0) is 6.61 Å². The predicted octanol–water partition coefficient (Wildman–Crippen LogP) is 6.30. The normalized spacial score (nSPS) is 10.8. The van der Waals surface area contributed by atoms with Crippen molar-refractivity contribution in [3.8, 4) is 33.8 Å². The largest absolute Gasteiger partial charge is 0.494 e. The molecule has 4 rings (SSSR count). The predicted molar refractivity (Wildman–Crippen MR) is 121 cm³/mol. The van der Waals surface area contributed by atoms with E-state index in [0.29, 0.717) is 11.1 Å². The van der Waals surface area contributed by atoms with Crippen LogP contribution in [0.3, 0.4) is 0 Å². The van der Waals surface area contributed by atoms with Crippen LogP contribution in [0.1, 0.15) is 15.9 Å². The number of ether oxygens (including phenoxy) is 2. The molecule has 0 aliphatic rings. The van der Waals surface area contributed by atoms with Gasteiger partial charge in [-0.15, -0.1) is 0 Å². The minimum Gasteiger partial charge on any atom is -0.494 e. The fraction of sp³-hybridized carbons (Fsp3) is 0.0741. The van der Waals surface area contributed by atoms with E-state index in [1.807, 2.05) is 0 Å². The van der Waals surface area contributed by atoms with Gasteiger partial charge in [-0.25, -0.2) is 13.6 Å². The maximum atomic E-state index is 14.7. The van der Waals surface area contributed by atoms with E-state index in [2.05, 4.69) is 0 Å². The first kappa shape index (κ1) is 24.0. The molecule has 0 saturated carbocycles. The third-order valence-electron chi connectivity index (χ3n) is 5.40. The van der Waals surface area contributed by atoms with Crippen LogP contribution in [-0.4, -0.2) is 18.2 Å². The summed E-state index contributed by atoms with van der Waals surface area (Å²) in [6.07, 6.45) is 0. The maximum absolute atomic E-state index is 14.7. The molecule has 178 valence electrons. The molecule has 0 aliphatic heterocycles. The third-order valence-corrected chi connectivity index (χ3v) is 5.40. The quantitative estimate of drug-likeness (QED) is 0.199. The Morgan fingerprint density at radius 2 is 1.17 bits per heavy atom. The number of hydrogen-bond donors (Lipinski definition) is 1. The molecule has 8 heteroatoms. The van der Waals surface area contributed by atoms with Gasteiger partial charge in [0, 0.05) is 11.1 Å². The number of esters is 1. The Balaban J connectivity index is 1.54. The second kappa shape index (κ2) is 9.99. The Kier molecular flexibility index (Phi) is 6.84.